The smallest absolute Gasteiger partial charge is 0.161 e. The molecule has 0 N–H and O–H groups in total. The van der Waals surface area contributed by atoms with Crippen molar-refractivity contribution in [3.63, 3.8) is 0 Å². The van der Waals surface area contributed by atoms with Crippen LogP contribution in [0.2, 0.25) is 0 Å². The van der Waals surface area contributed by atoms with Crippen LogP contribution in [0.15, 0.2) is 85.1 Å². The predicted molar refractivity (Wildman–Crippen MR) is 104 cm³/mol. The third kappa shape index (κ3) is 2.52. The molecule has 2 aromatic heterocycles. The van der Waals surface area contributed by atoms with E-state index in [1.54, 1.807) is 0 Å². The molecule has 0 aliphatic carbocycles. The highest BCUT2D eigenvalue weighted by Crippen LogP contribution is 2.25. The quantitative estimate of drug-likeness (QED) is 0.480. The third-order valence-electron chi connectivity index (χ3n) is 4.52. The van der Waals surface area contributed by atoms with E-state index in [9.17, 15) is 0 Å². The highest BCUT2D eigenvalue weighted by atomic mass is 15.1. The second-order valence-corrected chi connectivity index (χ2v) is 6.24. The van der Waals surface area contributed by atoms with E-state index in [2.05, 4.69) is 39.9 Å². The van der Waals surface area contributed by atoms with Crippen molar-refractivity contribution >= 4 is 22.1 Å². The van der Waals surface area contributed by atoms with Gasteiger partial charge in [0.1, 0.15) is 5.69 Å². The predicted octanol–water partition coefficient (Wildman–Crippen LogP) is 4.69. The Hall–Kier alpha value is -3.53. The Morgan fingerprint density at radius 2 is 1.35 bits per heavy atom. The van der Waals surface area contributed by atoms with Gasteiger partial charge in [-0.15, -0.1) is 0 Å². The lowest BCUT2D eigenvalue weighted by atomic mass is 10.2. The van der Waals surface area contributed by atoms with Crippen LogP contribution in [0.1, 0.15) is 5.56 Å². The minimum atomic E-state index is 0.741. The number of imidazole rings is 1. The number of hydrogen-bond donors (Lipinski definition) is 0. The van der Waals surface area contributed by atoms with Crippen LogP contribution in [0.25, 0.3) is 33.6 Å². The Labute approximate surface area is 150 Å². The van der Waals surface area contributed by atoms with Crippen molar-refractivity contribution in [3.05, 3.63) is 90.6 Å². The Bertz CT molecular complexity index is 1210. The average Bonchev–Trinajstić information content (AvgIpc) is 3.07. The molecule has 0 saturated carbocycles. The fourth-order valence-corrected chi connectivity index (χ4v) is 3.26. The van der Waals surface area contributed by atoms with Crippen molar-refractivity contribution in [3.8, 4) is 11.5 Å². The van der Waals surface area contributed by atoms with E-state index in [-0.39, 0.29) is 0 Å². The van der Waals surface area contributed by atoms with Crippen LogP contribution in [-0.4, -0.2) is 19.5 Å². The van der Waals surface area contributed by atoms with Gasteiger partial charge in [0.05, 0.1) is 28.3 Å². The van der Waals surface area contributed by atoms with E-state index in [0.29, 0.717) is 0 Å². The van der Waals surface area contributed by atoms with Gasteiger partial charge in [-0.05, 0) is 29.8 Å². The summed E-state index contributed by atoms with van der Waals surface area (Å²) < 4.78 is 2.21. The molecule has 3 aromatic carbocycles. The summed E-state index contributed by atoms with van der Waals surface area (Å²) in [7, 11) is 0. The number of rotatable bonds is 3. The van der Waals surface area contributed by atoms with Gasteiger partial charge in [-0.25, -0.2) is 9.97 Å². The van der Waals surface area contributed by atoms with Crippen LogP contribution in [0.4, 0.5) is 0 Å². The van der Waals surface area contributed by atoms with Gasteiger partial charge in [0, 0.05) is 6.54 Å². The highest BCUT2D eigenvalue weighted by Gasteiger charge is 2.14. The van der Waals surface area contributed by atoms with E-state index in [1.165, 1.54) is 5.56 Å². The Kier molecular flexibility index (Phi) is 3.46. The molecule has 5 aromatic rings. The van der Waals surface area contributed by atoms with Crippen LogP contribution < -0.4 is 0 Å². The highest BCUT2D eigenvalue weighted by molar-refractivity contribution is 5.81. The zero-order valence-electron chi connectivity index (χ0n) is 14.1. The first-order valence-corrected chi connectivity index (χ1v) is 8.60. The minimum Gasteiger partial charge on any atom is -0.318 e. The van der Waals surface area contributed by atoms with Gasteiger partial charge in [-0.3, -0.25) is 4.98 Å². The second-order valence-electron chi connectivity index (χ2n) is 6.24. The lowest BCUT2D eigenvalue weighted by Gasteiger charge is -2.09. The van der Waals surface area contributed by atoms with Crippen LogP contribution >= 0.6 is 0 Å². The summed E-state index contributed by atoms with van der Waals surface area (Å²) in [5.41, 5.74) is 5.85. The molecule has 124 valence electrons. The maximum absolute atomic E-state index is 4.85. The first-order chi connectivity index (χ1) is 12.9. The van der Waals surface area contributed by atoms with Gasteiger partial charge in [-0.1, -0.05) is 54.6 Å². The van der Waals surface area contributed by atoms with E-state index in [1.807, 2.05) is 54.7 Å². The van der Waals surface area contributed by atoms with Crippen LogP contribution in [-0.2, 0) is 6.54 Å². The molecule has 0 radical (unpaired) electrons. The summed E-state index contributed by atoms with van der Waals surface area (Å²) in [6.07, 6.45) is 1.81. The molecule has 0 fully saturated rings. The number of nitrogens with zero attached hydrogens (tertiary/aromatic N) is 4. The summed E-state index contributed by atoms with van der Waals surface area (Å²) in [4.78, 5) is 14.2. The standard InChI is InChI=1S/C22H16N4/c1-2-8-16(9-3-1)15-26-21-13-7-6-12-19(21)25-22(26)20-14-23-17-10-4-5-11-18(17)24-20/h1-14H,15H2. The summed E-state index contributed by atoms with van der Waals surface area (Å²) >= 11 is 0. The van der Waals surface area contributed by atoms with Gasteiger partial charge in [0.2, 0.25) is 0 Å². The Morgan fingerprint density at radius 3 is 2.19 bits per heavy atom. The summed E-state index contributed by atoms with van der Waals surface area (Å²) in [5, 5.41) is 0. The maximum atomic E-state index is 4.85. The number of benzene rings is 3. The number of aromatic nitrogens is 4. The first-order valence-electron chi connectivity index (χ1n) is 8.60. The van der Waals surface area contributed by atoms with Crippen molar-refractivity contribution in [2.45, 2.75) is 6.54 Å². The monoisotopic (exact) mass is 336 g/mol. The van der Waals surface area contributed by atoms with Crippen molar-refractivity contribution in [1.82, 2.24) is 19.5 Å². The largest absolute Gasteiger partial charge is 0.318 e. The molecule has 4 nitrogen and oxygen atoms in total. The fourth-order valence-electron chi connectivity index (χ4n) is 3.26. The molecule has 0 amide bonds. The van der Waals surface area contributed by atoms with Gasteiger partial charge in [0.15, 0.2) is 5.82 Å². The van der Waals surface area contributed by atoms with E-state index in [0.717, 1.165) is 40.1 Å². The Morgan fingerprint density at radius 1 is 0.654 bits per heavy atom. The molecule has 5 rings (SSSR count). The molecule has 0 aliphatic rings. The van der Waals surface area contributed by atoms with Gasteiger partial charge >= 0.3 is 0 Å². The second kappa shape index (κ2) is 6.08. The lowest BCUT2D eigenvalue weighted by molar-refractivity contribution is 0.830. The van der Waals surface area contributed by atoms with Crippen molar-refractivity contribution < 1.29 is 0 Å². The molecule has 0 spiro atoms. The van der Waals surface area contributed by atoms with Crippen molar-refractivity contribution in [1.29, 1.82) is 0 Å². The van der Waals surface area contributed by atoms with Crippen molar-refractivity contribution in [2.24, 2.45) is 0 Å². The summed E-state index contributed by atoms with van der Waals surface area (Å²) in [5.74, 6) is 0.841. The summed E-state index contributed by atoms with van der Waals surface area (Å²) in [6.45, 7) is 0.741. The van der Waals surface area contributed by atoms with Crippen LogP contribution in [0.5, 0.6) is 0 Å². The van der Waals surface area contributed by atoms with Gasteiger partial charge in [-0.2, -0.15) is 0 Å². The number of hydrogen-bond acceptors (Lipinski definition) is 3. The normalized spacial score (nSPS) is 11.2. The average molecular weight is 336 g/mol. The van der Waals surface area contributed by atoms with E-state index in [4.69, 9.17) is 9.97 Å². The SMILES string of the molecule is c1ccc(Cn2c(-c3cnc4ccccc4n3)nc3ccccc32)cc1. The van der Waals surface area contributed by atoms with Crippen LogP contribution in [0, 0.1) is 0 Å². The molecule has 0 aliphatic heterocycles. The van der Waals surface area contributed by atoms with Gasteiger partial charge < -0.3 is 4.57 Å². The molecule has 2 heterocycles. The number of para-hydroxylation sites is 4. The molecule has 0 bridgehead atoms. The molecule has 0 saturated heterocycles. The topological polar surface area (TPSA) is 43.6 Å². The fraction of sp³-hybridized carbons (Fsp3) is 0.0455. The molecular weight excluding hydrogens is 320 g/mol. The van der Waals surface area contributed by atoms with E-state index >= 15 is 0 Å². The van der Waals surface area contributed by atoms with Gasteiger partial charge in [0.25, 0.3) is 0 Å². The first kappa shape index (κ1) is 14.8. The zero-order valence-corrected chi connectivity index (χ0v) is 14.1. The number of fused-ring (bicyclic) bond motifs is 2. The molecular formula is C22H16N4. The van der Waals surface area contributed by atoms with Crippen molar-refractivity contribution in [2.75, 3.05) is 0 Å². The lowest BCUT2D eigenvalue weighted by Crippen LogP contribution is -2.03. The van der Waals surface area contributed by atoms with E-state index < -0.39 is 0 Å². The maximum Gasteiger partial charge on any atom is 0.161 e. The minimum absolute atomic E-state index is 0.741. The Balaban J connectivity index is 1.72. The molecule has 4 heteroatoms. The molecule has 26 heavy (non-hydrogen) atoms. The molecule has 0 atom stereocenters. The zero-order chi connectivity index (χ0) is 17.3. The molecule has 0 unspecified atom stereocenters. The third-order valence-corrected chi connectivity index (χ3v) is 4.52. The van der Waals surface area contributed by atoms with Crippen LogP contribution in [0.3, 0.4) is 0 Å². The summed E-state index contributed by atoms with van der Waals surface area (Å²) in [6, 6.07) is 26.5.